The zero-order valence-corrected chi connectivity index (χ0v) is 40.6. The summed E-state index contributed by atoms with van der Waals surface area (Å²) >= 11 is 0. The van der Waals surface area contributed by atoms with E-state index in [1.165, 1.54) is 21.8 Å². The summed E-state index contributed by atoms with van der Waals surface area (Å²) in [5, 5.41) is 6.93. The second-order valence-corrected chi connectivity index (χ2v) is 19.2. The van der Waals surface area contributed by atoms with Crippen LogP contribution in [0, 0.1) is 0 Å². The number of fused-ring (bicyclic) bond motifs is 10. The van der Waals surface area contributed by atoms with Crippen molar-refractivity contribution in [3.8, 4) is 73.5 Å². The lowest BCUT2D eigenvalue weighted by atomic mass is 10.0. The average Bonchev–Trinajstić information content (AvgIpc) is 4.25. The third-order valence-electron chi connectivity index (χ3n) is 14.9. The van der Waals surface area contributed by atoms with Crippen molar-refractivity contribution in [3.63, 3.8) is 0 Å². The molecule has 6 heteroatoms. The third-order valence-corrected chi connectivity index (χ3v) is 14.9. The number of hydrogen-bond acceptors (Lipinski definition) is 3. The van der Waals surface area contributed by atoms with Crippen molar-refractivity contribution in [3.05, 3.63) is 267 Å². The lowest BCUT2D eigenvalue weighted by Gasteiger charge is -2.16. The fourth-order valence-electron chi connectivity index (χ4n) is 11.5. The first-order chi connectivity index (χ1) is 37.2. The molecular formula is C69H44N6. The highest BCUT2D eigenvalue weighted by Gasteiger charge is 2.25. The maximum Gasteiger partial charge on any atom is 0.238 e. The molecule has 0 N–H and O–H groups in total. The number of aromatic nitrogens is 6. The smallest absolute Gasteiger partial charge is 0.238 e. The molecule has 11 aromatic carbocycles. The van der Waals surface area contributed by atoms with E-state index in [1.54, 1.807) is 0 Å². The van der Waals surface area contributed by atoms with Crippen LogP contribution in [-0.2, 0) is 0 Å². The van der Waals surface area contributed by atoms with Gasteiger partial charge < -0.3 is 9.13 Å². The highest BCUT2D eigenvalue weighted by atomic mass is 15.2. The molecule has 0 bridgehead atoms. The molecule has 6 nitrogen and oxygen atoms in total. The van der Waals surface area contributed by atoms with Crippen LogP contribution in [-0.4, -0.2) is 28.7 Å². The molecule has 0 saturated heterocycles. The van der Waals surface area contributed by atoms with Crippen LogP contribution in [0.25, 0.3) is 139 Å². The maximum absolute atomic E-state index is 5.50. The minimum absolute atomic E-state index is 0.534. The minimum Gasteiger partial charge on any atom is -0.309 e. The van der Waals surface area contributed by atoms with Crippen molar-refractivity contribution >= 4 is 65.4 Å². The van der Waals surface area contributed by atoms with Crippen LogP contribution in [0.4, 0.5) is 0 Å². The Morgan fingerprint density at radius 1 is 0.240 bits per heavy atom. The first-order valence-corrected chi connectivity index (χ1v) is 25.4. The van der Waals surface area contributed by atoms with E-state index in [4.69, 9.17) is 15.0 Å². The Hall–Kier alpha value is -10.2. The molecule has 0 aliphatic rings. The second-order valence-electron chi connectivity index (χ2n) is 19.2. The van der Waals surface area contributed by atoms with Crippen molar-refractivity contribution < 1.29 is 0 Å². The average molecular weight is 957 g/mol. The summed E-state index contributed by atoms with van der Waals surface area (Å²) in [6.45, 7) is 0. The van der Waals surface area contributed by atoms with Crippen LogP contribution in [0.1, 0.15) is 0 Å². The highest BCUT2D eigenvalue weighted by Crippen LogP contribution is 2.44. The van der Waals surface area contributed by atoms with Crippen molar-refractivity contribution in [2.75, 3.05) is 0 Å². The first kappa shape index (κ1) is 42.5. The van der Waals surface area contributed by atoms with Crippen LogP contribution >= 0.6 is 0 Å². The summed E-state index contributed by atoms with van der Waals surface area (Å²) in [5.41, 5.74) is 17.3. The van der Waals surface area contributed by atoms with Gasteiger partial charge in [0.25, 0.3) is 0 Å². The molecule has 0 saturated carbocycles. The van der Waals surface area contributed by atoms with Crippen molar-refractivity contribution in [1.29, 1.82) is 0 Å². The van der Waals surface area contributed by atoms with Gasteiger partial charge in [0, 0.05) is 54.7 Å². The Morgan fingerprint density at radius 3 is 1.20 bits per heavy atom. The number of hydrogen-bond donors (Lipinski definition) is 0. The Kier molecular flexibility index (Phi) is 9.78. The van der Waals surface area contributed by atoms with Gasteiger partial charge >= 0.3 is 0 Å². The Morgan fingerprint density at radius 2 is 0.640 bits per heavy atom. The van der Waals surface area contributed by atoms with Gasteiger partial charge in [-0.2, -0.15) is 9.97 Å². The zero-order chi connectivity index (χ0) is 49.4. The van der Waals surface area contributed by atoms with Crippen LogP contribution in [0.3, 0.4) is 0 Å². The monoisotopic (exact) mass is 956 g/mol. The highest BCUT2D eigenvalue weighted by molar-refractivity contribution is 6.24. The van der Waals surface area contributed by atoms with Crippen molar-refractivity contribution in [2.24, 2.45) is 0 Å². The fraction of sp³-hybridized carbons (Fsp3) is 0. The predicted octanol–water partition coefficient (Wildman–Crippen LogP) is 17.5. The van der Waals surface area contributed by atoms with E-state index in [-0.39, 0.29) is 0 Å². The number of rotatable bonds is 8. The summed E-state index contributed by atoms with van der Waals surface area (Å²) in [4.78, 5) is 16.3. The van der Waals surface area contributed by atoms with Gasteiger partial charge in [-0.1, -0.05) is 224 Å². The SMILES string of the molecule is c1ccc(-c2ccc(-c3nc(-c4ccc(-c5ccccc5)cc4)nc(-n4c5ccccc5c5ccc6c7cc(-n8c9ccccc9c9ccccc98)ccc7n(-c7ccccc7-c7ccccc7)c6c54)n3)cc2)cc1. The molecule has 0 radical (unpaired) electrons. The molecule has 0 amide bonds. The molecule has 4 heterocycles. The van der Waals surface area contributed by atoms with Gasteiger partial charge in [0.15, 0.2) is 11.6 Å². The minimum atomic E-state index is 0.534. The molecule has 15 aromatic rings. The topological polar surface area (TPSA) is 53.5 Å². The first-order valence-electron chi connectivity index (χ1n) is 25.4. The van der Waals surface area contributed by atoms with Crippen LogP contribution in [0.2, 0.25) is 0 Å². The molecule has 0 spiro atoms. The van der Waals surface area contributed by atoms with Crippen molar-refractivity contribution in [2.45, 2.75) is 0 Å². The lowest BCUT2D eigenvalue weighted by Crippen LogP contribution is -2.07. The van der Waals surface area contributed by atoms with E-state index in [1.807, 2.05) is 12.1 Å². The van der Waals surface area contributed by atoms with E-state index in [2.05, 4.69) is 268 Å². The third kappa shape index (κ3) is 6.92. The predicted molar refractivity (Wildman–Crippen MR) is 310 cm³/mol. The van der Waals surface area contributed by atoms with Crippen LogP contribution in [0.5, 0.6) is 0 Å². The molecule has 0 fully saturated rings. The lowest BCUT2D eigenvalue weighted by molar-refractivity contribution is 0.953. The van der Waals surface area contributed by atoms with E-state index in [0.29, 0.717) is 17.6 Å². The zero-order valence-electron chi connectivity index (χ0n) is 40.6. The summed E-state index contributed by atoms with van der Waals surface area (Å²) < 4.78 is 7.17. The van der Waals surface area contributed by atoms with E-state index < -0.39 is 0 Å². The summed E-state index contributed by atoms with van der Waals surface area (Å²) in [7, 11) is 0. The fourth-order valence-corrected chi connectivity index (χ4v) is 11.5. The second kappa shape index (κ2) is 17.3. The summed E-state index contributed by atoms with van der Waals surface area (Å²) in [6, 6.07) is 95.3. The molecular weight excluding hydrogens is 913 g/mol. The Balaban J connectivity index is 1.04. The quantitative estimate of drug-likeness (QED) is 0.152. The number of para-hydroxylation sites is 4. The van der Waals surface area contributed by atoms with E-state index in [9.17, 15) is 0 Å². The molecule has 0 atom stereocenters. The number of benzene rings is 11. The van der Waals surface area contributed by atoms with E-state index in [0.717, 1.165) is 99.5 Å². The molecule has 0 aliphatic heterocycles. The normalized spacial score (nSPS) is 11.7. The van der Waals surface area contributed by atoms with Crippen LogP contribution in [0.15, 0.2) is 267 Å². The summed E-state index contributed by atoms with van der Waals surface area (Å²) in [6.07, 6.45) is 0. The maximum atomic E-state index is 5.50. The Labute approximate surface area is 432 Å². The van der Waals surface area contributed by atoms with Gasteiger partial charge in [0.05, 0.1) is 38.8 Å². The van der Waals surface area contributed by atoms with Gasteiger partial charge in [-0.25, -0.2) is 4.98 Å². The molecule has 4 aromatic heterocycles. The van der Waals surface area contributed by atoms with Crippen molar-refractivity contribution in [1.82, 2.24) is 28.7 Å². The van der Waals surface area contributed by atoms with E-state index >= 15 is 0 Å². The van der Waals surface area contributed by atoms with Gasteiger partial charge in [-0.3, -0.25) is 4.57 Å². The molecule has 0 aliphatic carbocycles. The molecule has 15 rings (SSSR count). The number of nitrogens with zero attached hydrogens (tertiary/aromatic N) is 6. The standard InChI is InChI=1S/C69H44N6/c1-4-18-45(19-5-1)47-32-36-50(37-33-47)67-70-68(51-38-34-48(35-39-51)46-20-6-2-7-21-46)72-69(71-67)75-63-31-17-13-27-56(63)57-41-42-58-59-44-52(73-61-29-15-11-25-54(61)55-26-12-16-30-62(55)73)40-43-64(59)74(65(58)66(57)75)60-28-14-10-24-53(60)49-22-8-3-9-23-49/h1-44H. The summed E-state index contributed by atoms with van der Waals surface area (Å²) in [5.74, 6) is 1.71. The molecule has 350 valence electrons. The van der Waals surface area contributed by atoms with Crippen LogP contribution < -0.4 is 0 Å². The molecule has 75 heavy (non-hydrogen) atoms. The Bertz CT molecular complexity index is 4510. The van der Waals surface area contributed by atoms with Gasteiger partial charge in [-0.15, -0.1) is 0 Å². The largest absolute Gasteiger partial charge is 0.309 e. The molecule has 0 unspecified atom stereocenters. The van der Waals surface area contributed by atoms with Gasteiger partial charge in [0.2, 0.25) is 5.95 Å². The van der Waals surface area contributed by atoms with Gasteiger partial charge in [0.1, 0.15) is 0 Å². The van der Waals surface area contributed by atoms with Gasteiger partial charge in [-0.05, 0) is 70.3 Å².